The fraction of sp³-hybridized carbons (Fsp3) is 0.353. The molecule has 1 aromatic carbocycles. The summed E-state index contributed by atoms with van der Waals surface area (Å²) in [5.41, 5.74) is 1.76. The average Bonchev–Trinajstić information content (AvgIpc) is 2.92. The summed E-state index contributed by atoms with van der Waals surface area (Å²) in [6.45, 7) is 6.87. The van der Waals surface area contributed by atoms with Gasteiger partial charge in [0.15, 0.2) is 0 Å². The molecule has 0 aliphatic carbocycles. The molecule has 3 rings (SSSR count). The Bertz CT molecular complexity index is 867. The van der Waals surface area contributed by atoms with E-state index in [1.807, 2.05) is 49.1 Å². The molecule has 0 aliphatic rings. The van der Waals surface area contributed by atoms with Gasteiger partial charge >= 0.3 is 0 Å². The minimum atomic E-state index is -0.102. The third kappa shape index (κ3) is 3.48. The Morgan fingerprint density at radius 2 is 2.09 bits per heavy atom. The summed E-state index contributed by atoms with van der Waals surface area (Å²) in [6.07, 6.45) is 3.86. The van der Waals surface area contributed by atoms with Crippen molar-refractivity contribution in [2.24, 2.45) is 0 Å². The van der Waals surface area contributed by atoms with Crippen LogP contribution >= 0.6 is 0 Å². The Hall–Kier alpha value is -2.47. The van der Waals surface area contributed by atoms with Gasteiger partial charge in [0.05, 0.1) is 29.7 Å². The van der Waals surface area contributed by atoms with E-state index in [2.05, 4.69) is 27.3 Å². The molecule has 3 aromatic rings. The van der Waals surface area contributed by atoms with Crippen LogP contribution in [0.2, 0.25) is 0 Å². The molecular formula is C17H21N5O. The van der Waals surface area contributed by atoms with Crippen LogP contribution in [0.15, 0.2) is 41.5 Å². The van der Waals surface area contributed by atoms with Gasteiger partial charge in [-0.05, 0) is 38.5 Å². The van der Waals surface area contributed by atoms with Gasteiger partial charge in [-0.15, -0.1) is 0 Å². The molecule has 0 saturated heterocycles. The second kappa shape index (κ2) is 6.34. The summed E-state index contributed by atoms with van der Waals surface area (Å²) in [4.78, 5) is 19.6. The highest BCUT2D eigenvalue weighted by Gasteiger charge is 2.14. The number of aryl methyl sites for hydroxylation is 1. The molecule has 0 radical (unpaired) electrons. The molecule has 6 nitrogen and oxygen atoms in total. The van der Waals surface area contributed by atoms with Gasteiger partial charge in [-0.3, -0.25) is 9.48 Å². The lowest BCUT2D eigenvalue weighted by molar-refractivity contribution is 0.404. The maximum Gasteiger partial charge on any atom is 0.258 e. The number of fused-ring (bicyclic) bond motifs is 1. The maximum atomic E-state index is 12.1. The predicted octanol–water partition coefficient (Wildman–Crippen LogP) is 2.17. The first-order chi connectivity index (χ1) is 11.0. The molecule has 0 unspecified atom stereocenters. The summed E-state index contributed by atoms with van der Waals surface area (Å²) in [7, 11) is 0. The van der Waals surface area contributed by atoms with Gasteiger partial charge in [0.2, 0.25) is 0 Å². The van der Waals surface area contributed by atoms with Crippen molar-refractivity contribution in [2.45, 2.75) is 39.4 Å². The number of para-hydroxylation sites is 1. The molecular weight excluding hydrogens is 290 g/mol. The third-order valence-electron chi connectivity index (χ3n) is 3.80. The van der Waals surface area contributed by atoms with E-state index in [1.165, 1.54) is 0 Å². The molecule has 0 spiro atoms. The number of hydrogen-bond acceptors (Lipinski definition) is 4. The number of aromatic nitrogens is 4. The van der Waals surface area contributed by atoms with E-state index in [0.717, 1.165) is 17.6 Å². The van der Waals surface area contributed by atoms with Crippen molar-refractivity contribution in [1.82, 2.24) is 25.1 Å². The van der Waals surface area contributed by atoms with Gasteiger partial charge in [0, 0.05) is 12.2 Å². The standard InChI is InChI=1S/C17H21N5O/c1-11-8-18-22(9-11)10-12(2)19-13(3)16-20-15-7-5-4-6-14(15)17(23)21-16/h4-9,12-13,19H,10H2,1-3H3,(H,20,21,23)/t12-,13-/m1/s1. The number of aromatic amines is 1. The largest absolute Gasteiger partial charge is 0.309 e. The van der Waals surface area contributed by atoms with Crippen molar-refractivity contribution < 1.29 is 0 Å². The number of benzene rings is 1. The fourth-order valence-corrected chi connectivity index (χ4v) is 2.72. The van der Waals surface area contributed by atoms with E-state index in [9.17, 15) is 4.79 Å². The molecule has 120 valence electrons. The molecule has 2 aromatic heterocycles. The molecule has 0 fully saturated rings. The molecule has 23 heavy (non-hydrogen) atoms. The highest BCUT2D eigenvalue weighted by molar-refractivity contribution is 5.77. The van der Waals surface area contributed by atoms with Gasteiger partial charge in [0.1, 0.15) is 5.82 Å². The Kier molecular flexibility index (Phi) is 4.25. The zero-order valence-electron chi connectivity index (χ0n) is 13.6. The van der Waals surface area contributed by atoms with Crippen molar-refractivity contribution in [2.75, 3.05) is 0 Å². The lowest BCUT2D eigenvalue weighted by Gasteiger charge is -2.19. The van der Waals surface area contributed by atoms with E-state index >= 15 is 0 Å². The van der Waals surface area contributed by atoms with Crippen LogP contribution in [0.1, 0.15) is 31.3 Å². The van der Waals surface area contributed by atoms with E-state index in [0.29, 0.717) is 11.2 Å². The zero-order valence-corrected chi connectivity index (χ0v) is 13.6. The number of nitrogens with zero attached hydrogens (tertiary/aromatic N) is 3. The molecule has 2 heterocycles. The number of hydrogen-bond donors (Lipinski definition) is 2. The van der Waals surface area contributed by atoms with Gasteiger partial charge < -0.3 is 10.3 Å². The topological polar surface area (TPSA) is 75.6 Å². The van der Waals surface area contributed by atoms with Crippen molar-refractivity contribution >= 4 is 10.9 Å². The lowest BCUT2D eigenvalue weighted by Crippen LogP contribution is -2.34. The predicted molar refractivity (Wildman–Crippen MR) is 90.3 cm³/mol. The second-order valence-corrected chi connectivity index (χ2v) is 6.00. The van der Waals surface area contributed by atoms with Crippen molar-refractivity contribution in [3.8, 4) is 0 Å². The van der Waals surface area contributed by atoms with Gasteiger partial charge in [-0.25, -0.2) is 4.98 Å². The first-order valence-corrected chi connectivity index (χ1v) is 7.77. The van der Waals surface area contributed by atoms with Crippen LogP contribution in [-0.2, 0) is 6.54 Å². The van der Waals surface area contributed by atoms with Gasteiger partial charge in [-0.2, -0.15) is 5.10 Å². The minimum Gasteiger partial charge on any atom is -0.309 e. The minimum absolute atomic E-state index is 0.0565. The van der Waals surface area contributed by atoms with Crippen LogP contribution in [0.5, 0.6) is 0 Å². The smallest absolute Gasteiger partial charge is 0.258 e. The molecule has 0 amide bonds. The van der Waals surface area contributed by atoms with Crippen LogP contribution in [0, 0.1) is 6.92 Å². The SMILES string of the molecule is Cc1cnn(C[C@@H](C)N[C@H](C)c2nc3ccccc3c(=O)[nH]2)c1. The van der Waals surface area contributed by atoms with Crippen molar-refractivity contribution in [3.63, 3.8) is 0 Å². The molecule has 2 N–H and O–H groups in total. The summed E-state index contributed by atoms with van der Waals surface area (Å²) in [5.74, 6) is 0.650. The van der Waals surface area contributed by atoms with E-state index in [4.69, 9.17) is 0 Å². The van der Waals surface area contributed by atoms with E-state index in [1.54, 1.807) is 6.07 Å². The summed E-state index contributed by atoms with van der Waals surface area (Å²) in [5, 5.41) is 8.36. The molecule has 0 bridgehead atoms. The van der Waals surface area contributed by atoms with Gasteiger partial charge in [-0.1, -0.05) is 12.1 Å². The average molecular weight is 311 g/mol. The maximum absolute atomic E-state index is 12.1. The number of nitrogens with one attached hydrogen (secondary N) is 2. The second-order valence-electron chi connectivity index (χ2n) is 6.00. The van der Waals surface area contributed by atoms with E-state index in [-0.39, 0.29) is 17.6 Å². The Labute approximate surface area is 134 Å². The first kappa shape index (κ1) is 15.4. The number of H-pyrrole nitrogens is 1. The monoisotopic (exact) mass is 311 g/mol. The van der Waals surface area contributed by atoms with Gasteiger partial charge in [0.25, 0.3) is 5.56 Å². The zero-order chi connectivity index (χ0) is 16.4. The normalized spacial score (nSPS) is 14.0. The van der Waals surface area contributed by atoms with Crippen LogP contribution in [-0.4, -0.2) is 25.8 Å². The number of rotatable bonds is 5. The third-order valence-corrected chi connectivity index (χ3v) is 3.80. The first-order valence-electron chi connectivity index (χ1n) is 7.77. The van der Waals surface area contributed by atoms with Crippen molar-refractivity contribution in [3.05, 3.63) is 58.4 Å². The summed E-state index contributed by atoms with van der Waals surface area (Å²) >= 11 is 0. The highest BCUT2D eigenvalue weighted by Crippen LogP contribution is 2.11. The van der Waals surface area contributed by atoms with Crippen LogP contribution in [0.4, 0.5) is 0 Å². The molecule has 2 atom stereocenters. The highest BCUT2D eigenvalue weighted by atomic mass is 16.1. The fourth-order valence-electron chi connectivity index (χ4n) is 2.72. The van der Waals surface area contributed by atoms with E-state index < -0.39 is 0 Å². The van der Waals surface area contributed by atoms with Crippen molar-refractivity contribution in [1.29, 1.82) is 0 Å². The van der Waals surface area contributed by atoms with Crippen LogP contribution < -0.4 is 10.9 Å². The Balaban J connectivity index is 1.75. The Morgan fingerprint density at radius 3 is 2.83 bits per heavy atom. The quantitative estimate of drug-likeness (QED) is 0.757. The Morgan fingerprint density at radius 1 is 1.30 bits per heavy atom. The summed E-state index contributed by atoms with van der Waals surface area (Å²) in [6, 6.07) is 7.51. The lowest BCUT2D eigenvalue weighted by atomic mass is 10.2. The van der Waals surface area contributed by atoms with Crippen LogP contribution in [0.25, 0.3) is 10.9 Å². The summed E-state index contributed by atoms with van der Waals surface area (Å²) < 4.78 is 1.91. The molecule has 0 saturated carbocycles. The molecule has 6 heteroatoms. The molecule has 0 aliphatic heterocycles. The van der Waals surface area contributed by atoms with Crippen LogP contribution in [0.3, 0.4) is 0 Å².